The standard InChI is InChI=1S/C26H30FN3O2/c1-5-25(11-6-21(3)30(4)14-15-31)32-26-12-8-22(9-13-26)7-10-24-17-20(2)16-23(27)18-28-19-29-24/h5-6,8-9,11-13,16-18,20,29,31H,3,14-15,19H2,1-2,4H3/b11-6-,23-16+,24-17-,25-5+,28-18-. The summed E-state index contributed by atoms with van der Waals surface area (Å²) in [5.74, 6) is 7.10. The fraction of sp³-hybridized carbons (Fsp3) is 0.269. The topological polar surface area (TPSA) is 57.1 Å². The van der Waals surface area contributed by atoms with Crippen molar-refractivity contribution in [2.24, 2.45) is 10.9 Å². The van der Waals surface area contributed by atoms with Crippen LogP contribution in [0.15, 0.2) is 89.2 Å². The van der Waals surface area contributed by atoms with Gasteiger partial charge in [0.25, 0.3) is 0 Å². The molecule has 1 unspecified atom stereocenters. The molecular formula is C26H30FN3O2. The van der Waals surface area contributed by atoms with Crippen LogP contribution < -0.4 is 10.1 Å². The molecule has 1 aliphatic rings. The second-order valence-corrected chi connectivity index (χ2v) is 7.17. The zero-order valence-electron chi connectivity index (χ0n) is 18.8. The lowest BCUT2D eigenvalue weighted by Gasteiger charge is -2.17. The van der Waals surface area contributed by atoms with E-state index in [1.54, 1.807) is 0 Å². The number of nitrogens with one attached hydrogen (secondary N) is 1. The predicted molar refractivity (Wildman–Crippen MR) is 129 cm³/mol. The SMILES string of the molecule is C=C(/C=C\C(=C/C)Oc1ccc(C#C/C2=C/C(C)/C=C(F)\C=N/CN2)cc1)N(C)CCO. The number of likely N-dealkylation sites (N-methyl/N-ethyl adjacent to an activating group) is 1. The Morgan fingerprint density at radius 3 is 2.75 bits per heavy atom. The van der Waals surface area contributed by atoms with Crippen LogP contribution in [0.25, 0.3) is 0 Å². The smallest absolute Gasteiger partial charge is 0.137 e. The van der Waals surface area contributed by atoms with Gasteiger partial charge in [-0.25, -0.2) is 4.39 Å². The second-order valence-electron chi connectivity index (χ2n) is 7.17. The molecule has 0 aromatic heterocycles. The van der Waals surface area contributed by atoms with Gasteiger partial charge in [-0.1, -0.05) is 19.4 Å². The summed E-state index contributed by atoms with van der Waals surface area (Å²) in [6.07, 6.45) is 10.1. The van der Waals surface area contributed by atoms with Crippen molar-refractivity contribution in [3.8, 4) is 17.6 Å². The number of aliphatic hydroxyl groups is 1. The Morgan fingerprint density at radius 1 is 1.31 bits per heavy atom. The van der Waals surface area contributed by atoms with Crippen molar-refractivity contribution in [3.05, 3.63) is 89.8 Å². The maximum absolute atomic E-state index is 13.5. The van der Waals surface area contributed by atoms with Gasteiger partial charge in [0.1, 0.15) is 24.0 Å². The first-order valence-corrected chi connectivity index (χ1v) is 10.4. The van der Waals surface area contributed by atoms with Crippen LogP contribution in [0.2, 0.25) is 0 Å². The minimum Gasteiger partial charge on any atom is -0.458 e. The van der Waals surface area contributed by atoms with E-state index in [0.29, 0.717) is 23.8 Å². The molecule has 6 heteroatoms. The molecule has 2 N–H and O–H groups in total. The van der Waals surface area contributed by atoms with Crippen LogP contribution in [0, 0.1) is 17.8 Å². The molecule has 0 saturated carbocycles. The molecule has 32 heavy (non-hydrogen) atoms. The maximum atomic E-state index is 13.5. The van der Waals surface area contributed by atoms with E-state index in [1.165, 1.54) is 12.3 Å². The van der Waals surface area contributed by atoms with E-state index in [0.717, 1.165) is 11.3 Å². The summed E-state index contributed by atoms with van der Waals surface area (Å²) < 4.78 is 19.4. The van der Waals surface area contributed by atoms with Gasteiger partial charge < -0.3 is 20.1 Å². The fourth-order valence-electron chi connectivity index (χ4n) is 2.68. The van der Waals surface area contributed by atoms with Crippen LogP contribution in [0.1, 0.15) is 19.4 Å². The van der Waals surface area contributed by atoms with Crippen molar-refractivity contribution in [3.63, 3.8) is 0 Å². The molecule has 5 nitrogen and oxygen atoms in total. The zero-order valence-corrected chi connectivity index (χ0v) is 18.8. The monoisotopic (exact) mass is 435 g/mol. The summed E-state index contributed by atoms with van der Waals surface area (Å²) in [7, 11) is 1.87. The first-order chi connectivity index (χ1) is 15.4. The maximum Gasteiger partial charge on any atom is 0.137 e. The molecule has 168 valence electrons. The van der Waals surface area contributed by atoms with Gasteiger partial charge in [0.05, 0.1) is 18.5 Å². The third kappa shape index (κ3) is 8.66. The minimum atomic E-state index is -0.350. The van der Waals surface area contributed by atoms with Gasteiger partial charge >= 0.3 is 0 Å². The quantitative estimate of drug-likeness (QED) is 0.381. The van der Waals surface area contributed by atoms with Crippen LogP contribution >= 0.6 is 0 Å². The highest BCUT2D eigenvalue weighted by Gasteiger charge is 2.03. The van der Waals surface area contributed by atoms with Crippen LogP contribution in [0.5, 0.6) is 5.75 Å². The van der Waals surface area contributed by atoms with Gasteiger partial charge in [-0.3, -0.25) is 4.99 Å². The normalized spacial score (nSPS) is 20.8. The van der Waals surface area contributed by atoms with Crippen molar-refractivity contribution in [1.82, 2.24) is 10.2 Å². The van der Waals surface area contributed by atoms with Gasteiger partial charge in [0, 0.05) is 24.9 Å². The van der Waals surface area contributed by atoms with E-state index < -0.39 is 0 Å². The molecule has 1 aliphatic heterocycles. The lowest BCUT2D eigenvalue weighted by Crippen LogP contribution is -2.19. The molecule has 1 aromatic rings. The van der Waals surface area contributed by atoms with Crippen LogP contribution in [0.3, 0.4) is 0 Å². The first kappa shape index (κ1) is 24.7. The summed E-state index contributed by atoms with van der Waals surface area (Å²) in [6.45, 7) is 8.61. The summed E-state index contributed by atoms with van der Waals surface area (Å²) in [4.78, 5) is 5.83. The lowest BCUT2D eigenvalue weighted by atomic mass is 10.1. The average molecular weight is 436 g/mol. The van der Waals surface area contributed by atoms with E-state index in [2.05, 4.69) is 28.7 Å². The van der Waals surface area contributed by atoms with Crippen LogP contribution in [-0.2, 0) is 0 Å². The fourth-order valence-corrected chi connectivity index (χ4v) is 2.68. The van der Waals surface area contributed by atoms with E-state index >= 15 is 0 Å². The number of hydrogen-bond donors (Lipinski definition) is 2. The molecular weight excluding hydrogens is 405 g/mol. The van der Waals surface area contributed by atoms with E-state index in [4.69, 9.17) is 9.84 Å². The number of allylic oxidation sites excluding steroid dienone is 7. The molecule has 0 saturated heterocycles. The second kappa shape index (κ2) is 13.0. The van der Waals surface area contributed by atoms with Crippen LogP contribution in [0.4, 0.5) is 4.39 Å². The van der Waals surface area contributed by atoms with Crippen molar-refractivity contribution >= 4 is 6.21 Å². The lowest BCUT2D eigenvalue weighted by molar-refractivity contribution is 0.249. The molecule has 1 aromatic carbocycles. The molecule has 1 atom stereocenters. The van der Waals surface area contributed by atoms with Gasteiger partial charge in [-0.2, -0.15) is 0 Å². The molecule has 2 rings (SSSR count). The van der Waals surface area contributed by atoms with E-state index in [-0.39, 0.29) is 25.0 Å². The number of aliphatic imine (C=N–C) groups is 1. The van der Waals surface area contributed by atoms with Crippen molar-refractivity contribution in [2.45, 2.75) is 13.8 Å². The Hall–Kier alpha value is -3.56. The summed E-state index contributed by atoms with van der Waals surface area (Å²) in [5, 5.41) is 12.1. The summed E-state index contributed by atoms with van der Waals surface area (Å²) >= 11 is 0. The highest BCUT2D eigenvalue weighted by Crippen LogP contribution is 2.16. The van der Waals surface area contributed by atoms with E-state index in [1.807, 2.05) is 74.4 Å². The predicted octanol–water partition coefficient (Wildman–Crippen LogP) is 4.32. The average Bonchev–Trinajstić information content (AvgIpc) is 2.85. The summed E-state index contributed by atoms with van der Waals surface area (Å²) in [5.41, 5.74) is 2.31. The molecule has 0 amide bonds. The van der Waals surface area contributed by atoms with Crippen LogP contribution in [-0.4, -0.2) is 43.1 Å². The van der Waals surface area contributed by atoms with Crippen molar-refractivity contribution in [1.29, 1.82) is 0 Å². The Balaban J connectivity index is 2.03. The van der Waals surface area contributed by atoms with Crippen molar-refractivity contribution < 1.29 is 14.2 Å². The Labute approximate surface area is 190 Å². The Kier molecular flexibility index (Phi) is 10.0. The number of nitrogens with zero attached hydrogens (tertiary/aromatic N) is 2. The number of benzene rings is 1. The number of hydrogen-bond acceptors (Lipinski definition) is 5. The van der Waals surface area contributed by atoms with Gasteiger partial charge in [-0.15, -0.1) is 0 Å². The van der Waals surface area contributed by atoms with Gasteiger partial charge in [-0.05, 0) is 73.4 Å². The van der Waals surface area contributed by atoms with Gasteiger partial charge in [0.15, 0.2) is 0 Å². The molecule has 0 radical (unpaired) electrons. The summed E-state index contributed by atoms with van der Waals surface area (Å²) in [6, 6.07) is 7.46. The molecule has 1 heterocycles. The zero-order chi connectivity index (χ0) is 23.3. The molecule has 0 aliphatic carbocycles. The molecule has 0 bridgehead atoms. The number of rotatable bonds is 7. The minimum absolute atomic E-state index is 0.0709. The highest BCUT2D eigenvalue weighted by molar-refractivity contribution is 5.75. The number of ether oxygens (including phenoxy) is 1. The largest absolute Gasteiger partial charge is 0.458 e. The Bertz CT molecular complexity index is 992. The number of aliphatic hydroxyl groups excluding tert-OH is 1. The first-order valence-electron chi connectivity index (χ1n) is 10.4. The third-order valence-corrected chi connectivity index (χ3v) is 4.51. The highest BCUT2D eigenvalue weighted by atomic mass is 19.1. The molecule has 0 fully saturated rings. The number of halogens is 1. The van der Waals surface area contributed by atoms with E-state index in [9.17, 15) is 4.39 Å². The van der Waals surface area contributed by atoms with Crippen molar-refractivity contribution in [2.75, 3.05) is 26.9 Å². The Morgan fingerprint density at radius 2 is 2.06 bits per heavy atom. The molecule has 0 spiro atoms. The van der Waals surface area contributed by atoms with Gasteiger partial charge in [0.2, 0.25) is 0 Å². The third-order valence-electron chi connectivity index (χ3n) is 4.51.